The highest BCUT2D eigenvalue weighted by atomic mass is 35.5. The molecule has 1 amide bonds. The van der Waals surface area contributed by atoms with Gasteiger partial charge in [0.2, 0.25) is 5.91 Å². The van der Waals surface area contributed by atoms with E-state index in [1.165, 1.54) is 12.8 Å². The SMILES string of the molecule is C[C@@H]1[C@H](C)CCC[C@@H]1NC(=O)CN(C)Cc1ccc(Cl)cc1Cl. The molecule has 1 aromatic carbocycles. The highest BCUT2D eigenvalue weighted by Gasteiger charge is 2.28. The van der Waals surface area contributed by atoms with E-state index < -0.39 is 0 Å². The van der Waals surface area contributed by atoms with E-state index in [0.717, 1.165) is 12.0 Å². The van der Waals surface area contributed by atoms with Crippen molar-refractivity contribution in [3.8, 4) is 0 Å². The van der Waals surface area contributed by atoms with E-state index in [1.54, 1.807) is 6.07 Å². The van der Waals surface area contributed by atoms with Crippen LogP contribution in [0, 0.1) is 11.8 Å². The van der Waals surface area contributed by atoms with Crippen molar-refractivity contribution in [2.75, 3.05) is 13.6 Å². The number of likely N-dealkylation sites (N-methyl/N-ethyl adjacent to an activating group) is 1. The van der Waals surface area contributed by atoms with Crippen molar-refractivity contribution in [1.29, 1.82) is 0 Å². The lowest BCUT2D eigenvalue weighted by Crippen LogP contribution is -2.46. The zero-order valence-electron chi connectivity index (χ0n) is 14.1. The topological polar surface area (TPSA) is 32.3 Å². The van der Waals surface area contributed by atoms with E-state index >= 15 is 0 Å². The molecule has 0 bridgehead atoms. The first-order valence-corrected chi connectivity index (χ1v) is 9.04. The van der Waals surface area contributed by atoms with Gasteiger partial charge in [-0.3, -0.25) is 9.69 Å². The summed E-state index contributed by atoms with van der Waals surface area (Å²) in [5, 5.41) is 4.47. The Morgan fingerprint density at radius 1 is 1.30 bits per heavy atom. The summed E-state index contributed by atoms with van der Waals surface area (Å²) >= 11 is 12.1. The molecular formula is C18H26Cl2N2O. The molecule has 0 aromatic heterocycles. The molecule has 128 valence electrons. The third kappa shape index (κ3) is 5.37. The number of benzene rings is 1. The second-order valence-electron chi connectivity index (χ2n) is 6.85. The lowest BCUT2D eigenvalue weighted by Gasteiger charge is -2.35. The van der Waals surface area contributed by atoms with E-state index in [0.29, 0.717) is 41.0 Å². The van der Waals surface area contributed by atoms with Gasteiger partial charge in [-0.25, -0.2) is 0 Å². The maximum absolute atomic E-state index is 12.3. The minimum Gasteiger partial charge on any atom is -0.352 e. The molecule has 0 radical (unpaired) electrons. The van der Waals surface area contributed by atoms with Crippen LogP contribution in [0.4, 0.5) is 0 Å². The number of nitrogens with one attached hydrogen (secondary N) is 1. The summed E-state index contributed by atoms with van der Waals surface area (Å²) in [5.74, 6) is 1.31. The van der Waals surface area contributed by atoms with Crippen LogP contribution in [0.15, 0.2) is 18.2 Å². The molecule has 1 N–H and O–H groups in total. The quantitative estimate of drug-likeness (QED) is 0.849. The molecule has 0 aliphatic heterocycles. The molecule has 1 aromatic rings. The van der Waals surface area contributed by atoms with Gasteiger partial charge >= 0.3 is 0 Å². The number of nitrogens with zero attached hydrogens (tertiary/aromatic N) is 1. The minimum atomic E-state index is 0.0866. The molecule has 1 aliphatic rings. The van der Waals surface area contributed by atoms with Crippen LogP contribution in [0.2, 0.25) is 10.0 Å². The van der Waals surface area contributed by atoms with Crippen molar-refractivity contribution in [1.82, 2.24) is 10.2 Å². The number of hydrogen-bond donors (Lipinski definition) is 1. The Hall–Kier alpha value is -0.770. The van der Waals surface area contributed by atoms with Gasteiger partial charge in [-0.15, -0.1) is 0 Å². The first-order chi connectivity index (χ1) is 10.9. The molecule has 5 heteroatoms. The number of halogens is 2. The lowest BCUT2D eigenvalue weighted by molar-refractivity contribution is -0.123. The number of amides is 1. The van der Waals surface area contributed by atoms with Gasteiger partial charge < -0.3 is 5.32 Å². The van der Waals surface area contributed by atoms with Crippen LogP contribution in [0.1, 0.15) is 38.7 Å². The van der Waals surface area contributed by atoms with Crippen LogP contribution in [0.3, 0.4) is 0 Å². The maximum atomic E-state index is 12.3. The molecule has 1 saturated carbocycles. The predicted molar refractivity (Wildman–Crippen MR) is 96.9 cm³/mol. The molecule has 3 nitrogen and oxygen atoms in total. The van der Waals surface area contributed by atoms with Gasteiger partial charge in [0.05, 0.1) is 6.54 Å². The predicted octanol–water partition coefficient (Wildman–Crippen LogP) is 4.37. The molecular weight excluding hydrogens is 331 g/mol. The van der Waals surface area contributed by atoms with Crippen LogP contribution in [0.5, 0.6) is 0 Å². The zero-order valence-corrected chi connectivity index (χ0v) is 15.6. The summed E-state index contributed by atoms with van der Waals surface area (Å²) in [5.41, 5.74) is 0.978. The van der Waals surface area contributed by atoms with Gasteiger partial charge in [-0.1, -0.05) is 56.0 Å². The Labute approximate surface area is 149 Å². The Kier molecular flexibility index (Phi) is 6.75. The van der Waals surface area contributed by atoms with Crippen molar-refractivity contribution in [2.45, 2.75) is 45.7 Å². The largest absolute Gasteiger partial charge is 0.352 e. The first-order valence-electron chi connectivity index (χ1n) is 8.28. The van der Waals surface area contributed by atoms with Crippen molar-refractivity contribution in [3.05, 3.63) is 33.8 Å². The summed E-state index contributed by atoms with van der Waals surface area (Å²) < 4.78 is 0. The molecule has 0 spiro atoms. The molecule has 0 unspecified atom stereocenters. The highest BCUT2D eigenvalue weighted by Crippen LogP contribution is 2.29. The molecule has 2 rings (SSSR count). The number of carbonyl (C=O) groups is 1. The average Bonchev–Trinajstić information content (AvgIpc) is 2.47. The molecule has 23 heavy (non-hydrogen) atoms. The number of hydrogen-bond acceptors (Lipinski definition) is 2. The van der Waals surface area contributed by atoms with Gasteiger partial charge in [-0.05, 0) is 43.0 Å². The molecule has 0 heterocycles. The van der Waals surface area contributed by atoms with Crippen molar-refractivity contribution >= 4 is 29.1 Å². The van der Waals surface area contributed by atoms with Gasteiger partial charge in [-0.2, -0.15) is 0 Å². The number of rotatable bonds is 5. The third-order valence-corrected chi connectivity index (χ3v) is 5.51. The Morgan fingerprint density at radius 2 is 2.04 bits per heavy atom. The Balaban J connectivity index is 1.84. The highest BCUT2D eigenvalue weighted by molar-refractivity contribution is 6.35. The standard InChI is InChI=1S/C18H26Cl2N2O/c1-12-5-4-6-17(13(12)2)21-18(23)11-22(3)10-14-7-8-15(19)9-16(14)20/h7-9,12-13,17H,4-6,10-11H2,1-3H3,(H,21,23)/t12-,13-,17+/m1/s1. The van der Waals surface area contributed by atoms with Crippen LogP contribution in [-0.4, -0.2) is 30.4 Å². The summed E-state index contributed by atoms with van der Waals surface area (Å²) in [6.07, 6.45) is 3.55. The van der Waals surface area contributed by atoms with E-state index in [4.69, 9.17) is 23.2 Å². The average molecular weight is 357 g/mol. The van der Waals surface area contributed by atoms with Crippen molar-refractivity contribution < 1.29 is 4.79 Å². The molecule has 0 saturated heterocycles. The lowest BCUT2D eigenvalue weighted by atomic mass is 9.78. The summed E-state index contributed by atoms with van der Waals surface area (Å²) in [4.78, 5) is 14.3. The van der Waals surface area contributed by atoms with Crippen LogP contribution >= 0.6 is 23.2 Å². The van der Waals surface area contributed by atoms with E-state index in [2.05, 4.69) is 19.2 Å². The van der Waals surface area contributed by atoms with E-state index in [9.17, 15) is 4.79 Å². The second-order valence-corrected chi connectivity index (χ2v) is 7.69. The fraction of sp³-hybridized carbons (Fsp3) is 0.611. The molecule has 1 fully saturated rings. The Bertz CT molecular complexity index is 550. The fourth-order valence-corrected chi connectivity index (χ4v) is 3.75. The smallest absolute Gasteiger partial charge is 0.234 e. The number of carbonyl (C=O) groups excluding carboxylic acids is 1. The monoisotopic (exact) mass is 356 g/mol. The maximum Gasteiger partial charge on any atom is 0.234 e. The van der Waals surface area contributed by atoms with Crippen LogP contribution in [-0.2, 0) is 11.3 Å². The Morgan fingerprint density at radius 3 is 2.74 bits per heavy atom. The normalized spacial score (nSPS) is 24.7. The third-order valence-electron chi connectivity index (χ3n) is 4.92. The summed E-state index contributed by atoms with van der Waals surface area (Å²) in [7, 11) is 1.93. The van der Waals surface area contributed by atoms with Gasteiger partial charge in [0.15, 0.2) is 0 Å². The molecule has 3 atom stereocenters. The minimum absolute atomic E-state index is 0.0866. The van der Waals surface area contributed by atoms with Gasteiger partial charge in [0.25, 0.3) is 0 Å². The van der Waals surface area contributed by atoms with Crippen LogP contribution in [0.25, 0.3) is 0 Å². The van der Waals surface area contributed by atoms with E-state index in [1.807, 2.05) is 24.1 Å². The van der Waals surface area contributed by atoms with Gasteiger partial charge in [0, 0.05) is 22.6 Å². The van der Waals surface area contributed by atoms with Crippen molar-refractivity contribution in [3.63, 3.8) is 0 Å². The van der Waals surface area contributed by atoms with E-state index in [-0.39, 0.29) is 5.91 Å². The summed E-state index contributed by atoms with van der Waals surface area (Å²) in [6, 6.07) is 5.77. The zero-order chi connectivity index (χ0) is 17.0. The molecule has 1 aliphatic carbocycles. The summed E-state index contributed by atoms with van der Waals surface area (Å²) in [6.45, 7) is 5.51. The fourth-order valence-electron chi connectivity index (χ4n) is 3.28. The van der Waals surface area contributed by atoms with Crippen LogP contribution < -0.4 is 5.32 Å². The second kappa shape index (κ2) is 8.36. The van der Waals surface area contributed by atoms with Crippen molar-refractivity contribution in [2.24, 2.45) is 11.8 Å². The van der Waals surface area contributed by atoms with Gasteiger partial charge in [0.1, 0.15) is 0 Å². The first kappa shape index (κ1) is 18.6.